The fraction of sp³-hybridized carbons (Fsp3) is 0.281. The summed E-state index contributed by atoms with van der Waals surface area (Å²) in [5.41, 5.74) is 1.81. The zero-order valence-electron chi connectivity index (χ0n) is 23.5. The monoisotopic (exact) mass is 570 g/mol. The van der Waals surface area contributed by atoms with Gasteiger partial charge in [-0.25, -0.2) is 9.78 Å². The van der Waals surface area contributed by atoms with E-state index in [1.165, 1.54) is 0 Å². The van der Waals surface area contributed by atoms with Crippen molar-refractivity contribution in [3.8, 4) is 0 Å². The second-order valence-electron chi connectivity index (χ2n) is 10.4. The lowest BCUT2D eigenvalue weighted by atomic mass is 9.99. The van der Waals surface area contributed by atoms with Crippen LogP contribution in [0.5, 0.6) is 0 Å². The van der Waals surface area contributed by atoms with E-state index in [1.54, 1.807) is 0 Å². The Bertz CT molecular complexity index is 1540. The Morgan fingerprint density at radius 3 is 2.33 bits per heavy atom. The molecule has 218 valence electrons. The Morgan fingerprint density at radius 1 is 0.881 bits per heavy atom. The van der Waals surface area contributed by atoms with Crippen molar-refractivity contribution in [3.63, 3.8) is 0 Å². The van der Waals surface area contributed by atoms with Crippen LogP contribution in [0.25, 0.3) is 10.8 Å². The van der Waals surface area contributed by atoms with E-state index in [9.17, 15) is 24.3 Å². The normalized spacial score (nSPS) is 12.5. The van der Waals surface area contributed by atoms with Gasteiger partial charge in [-0.3, -0.25) is 14.4 Å². The van der Waals surface area contributed by atoms with Gasteiger partial charge in [0, 0.05) is 6.54 Å². The molecule has 42 heavy (non-hydrogen) atoms. The molecule has 2 unspecified atom stereocenters. The summed E-state index contributed by atoms with van der Waals surface area (Å²) in [5, 5.41) is 19.0. The maximum Gasteiger partial charge on any atom is 0.405 e. The van der Waals surface area contributed by atoms with Crippen LogP contribution in [-0.2, 0) is 17.8 Å². The Balaban J connectivity index is 1.48. The first-order valence-electron chi connectivity index (χ1n) is 13.8. The van der Waals surface area contributed by atoms with Crippen molar-refractivity contribution in [1.82, 2.24) is 20.9 Å². The fourth-order valence-electron chi connectivity index (χ4n) is 4.70. The van der Waals surface area contributed by atoms with Crippen LogP contribution >= 0.6 is 0 Å². The number of nitrogens with zero attached hydrogens (tertiary/aromatic N) is 1. The summed E-state index contributed by atoms with van der Waals surface area (Å²) in [4.78, 5) is 54.9. The summed E-state index contributed by atoms with van der Waals surface area (Å²) in [5.74, 6) is -2.07. The molecule has 3 amide bonds. The molecular formula is C32H34N4O6. The SMILES string of the molecule is CC(C)CC(NC(=O)O)C(=O)NC(CCc1ccccc1)C(=O)c1nc(C(=O)NCc2cccc3ccccc23)co1. The zero-order chi connectivity index (χ0) is 30.1. The summed E-state index contributed by atoms with van der Waals surface area (Å²) in [6, 6.07) is 21.0. The molecule has 3 aromatic carbocycles. The van der Waals surface area contributed by atoms with Crippen molar-refractivity contribution in [1.29, 1.82) is 0 Å². The number of oxazole rings is 1. The molecule has 1 aromatic heterocycles. The minimum absolute atomic E-state index is 0.0211. The Labute approximate surface area is 243 Å². The molecule has 4 aromatic rings. The minimum atomic E-state index is -1.34. The summed E-state index contributed by atoms with van der Waals surface area (Å²) in [6.45, 7) is 3.98. The van der Waals surface area contributed by atoms with E-state index in [0.29, 0.717) is 6.42 Å². The van der Waals surface area contributed by atoms with Gasteiger partial charge in [-0.05, 0) is 47.1 Å². The molecule has 0 bridgehead atoms. The molecule has 4 rings (SSSR count). The van der Waals surface area contributed by atoms with E-state index in [4.69, 9.17) is 4.42 Å². The molecule has 0 saturated carbocycles. The molecular weight excluding hydrogens is 536 g/mol. The predicted molar refractivity (Wildman–Crippen MR) is 157 cm³/mol. The van der Waals surface area contributed by atoms with Crippen LogP contribution in [-0.4, -0.2) is 45.9 Å². The zero-order valence-corrected chi connectivity index (χ0v) is 23.5. The molecule has 0 radical (unpaired) electrons. The van der Waals surface area contributed by atoms with Gasteiger partial charge in [0.25, 0.3) is 11.8 Å². The van der Waals surface area contributed by atoms with Crippen LogP contribution in [0.4, 0.5) is 4.79 Å². The number of aromatic nitrogens is 1. The molecule has 0 aliphatic heterocycles. The van der Waals surface area contributed by atoms with Crippen LogP contribution in [0, 0.1) is 5.92 Å². The lowest BCUT2D eigenvalue weighted by molar-refractivity contribution is -0.124. The maximum atomic E-state index is 13.5. The highest BCUT2D eigenvalue weighted by Crippen LogP contribution is 2.19. The van der Waals surface area contributed by atoms with E-state index < -0.39 is 35.8 Å². The van der Waals surface area contributed by atoms with E-state index in [0.717, 1.165) is 28.2 Å². The highest BCUT2D eigenvalue weighted by molar-refractivity contribution is 6.01. The minimum Gasteiger partial charge on any atom is -0.465 e. The van der Waals surface area contributed by atoms with Crippen molar-refractivity contribution in [3.05, 3.63) is 102 Å². The van der Waals surface area contributed by atoms with Gasteiger partial charge in [0.15, 0.2) is 5.69 Å². The van der Waals surface area contributed by atoms with Gasteiger partial charge in [0.1, 0.15) is 12.3 Å². The lowest BCUT2D eigenvalue weighted by Crippen LogP contribution is -2.52. The second-order valence-corrected chi connectivity index (χ2v) is 10.4. The molecule has 10 heteroatoms. The summed E-state index contributed by atoms with van der Waals surface area (Å²) in [6.07, 6.45) is 0.682. The number of carboxylic acid groups (broad SMARTS) is 1. The van der Waals surface area contributed by atoms with Crippen molar-refractivity contribution < 1.29 is 28.7 Å². The van der Waals surface area contributed by atoms with E-state index >= 15 is 0 Å². The molecule has 10 nitrogen and oxygen atoms in total. The second kappa shape index (κ2) is 14.1. The first kappa shape index (κ1) is 30.0. The number of amides is 3. The number of ketones is 1. The third-order valence-electron chi connectivity index (χ3n) is 6.79. The van der Waals surface area contributed by atoms with E-state index in [2.05, 4.69) is 20.9 Å². The topological polar surface area (TPSA) is 151 Å². The molecule has 2 atom stereocenters. The van der Waals surface area contributed by atoms with Gasteiger partial charge in [-0.15, -0.1) is 0 Å². The molecule has 1 heterocycles. The Kier molecular flexibility index (Phi) is 10.0. The van der Waals surface area contributed by atoms with Crippen molar-refractivity contribution >= 4 is 34.5 Å². The number of aryl methyl sites for hydroxylation is 1. The first-order chi connectivity index (χ1) is 20.2. The number of hydrogen-bond acceptors (Lipinski definition) is 6. The van der Waals surface area contributed by atoms with Crippen LogP contribution in [0.3, 0.4) is 0 Å². The highest BCUT2D eigenvalue weighted by atomic mass is 16.4. The number of carbonyl (C=O) groups is 4. The van der Waals surface area contributed by atoms with Crippen LogP contribution in [0.15, 0.2) is 83.5 Å². The number of nitrogens with one attached hydrogen (secondary N) is 3. The number of carbonyl (C=O) groups excluding carboxylic acids is 3. The number of benzene rings is 3. The molecule has 0 aliphatic carbocycles. The quantitative estimate of drug-likeness (QED) is 0.170. The first-order valence-corrected chi connectivity index (χ1v) is 13.8. The number of rotatable bonds is 13. The van der Waals surface area contributed by atoms with Gasteiger partial charge in [-0.1, -0.05) is 86.6 Å². The van der Waals surface area contributed by atoms with E-state index in [-0.39, 0.29) is 36.9 Å². The van der Waals surface area contributed by atoms with Gasteiger partial charge >= 0.3 is 6.09 Å². The Morgan fingerprint density at radius 2 is 1.60 bits per heavy atom. The van der Waals surface area contributed by atoms with Crippen molar-refractivity contribution in [2.24, 2.45) is 5.92 Å². The maximum absolute atomic E-state index is 13.5. The van der Waals surface area contributed by atoms with Crippen LogP contribution < -0.4 is 16.0 Å². The van der Waals surface area contributed by atoms with Gasteiger partial charge in [0.2, 0.25) is 11.7 Å². The van der Waals surface area contributed by atoms with Crippen LogP contribution in [0.1, 0.15) is 59.0 Å². The number of hydrogen-bond donors (Lipinski definition) is 4. The smallest absolute Gasteiger partial charge is 0.405 e. The number of Topliss-reactive ketones (excluding diaryl/α,β-unsaturated/α-hetero) is 1. The third-order valence-corrected chi connectivity index (χ3v) is 6.79. The van der Waals surface area contributed by atoms with Gasteiger partial charge < -0.3 is 25.5 Å². The molecule has 0 spiro atoms. The van der Waals surface area contributed by atoms with Gasteiger partial charge in [0.05, 0.1) is 6.04 Å². The highest BCUT2D eigenvalue weighted by Gasteiger charge is 2.30. The fourth-order valence-corrected chi connectivity index (χ4v) is 4.70. The van der Waals surface area contributed by atoms with Crippen molar-refractivity contribution in [2.45, 2.75) is 51.7 Å². The van der Waals surface area contributed by atoms with Crippen LogP contribution in [0.2, 0.25) is 0 Å². The van der Waals surface area contributed by atoms with E-state index in [1.807, 2.05) is 86.6 Å². The third kappa shape index (κ3) is 8.03. The molecule has 0 saturated heterocycles. The average Bonchev–Trinajstić information content (AvgIpc) is 3.48. The molecule has 4 N–H and O–H groups in total. The largest absolute Gasteiger partial charge is 0.465 e. The average molecular weight is 571 g/mol. The molecule has 0 fully saturated rings. The van der Waals surface area contributed by atoms with Crippen molar-refractivity contribution in [2.75, 3.05) is 0 Å². The Hall–Kier alpha value is -4.99. The summed E-state index contributed by atoms with van der Waals surface area (Å²) < 4.78 is 5.39. The summed E-state index contributed by atoms with van der Waals surface area (Å²) in [7, 11) is 0. The summed E-state index contributed by atoms with van der Waals surface area (Å²) >= 11 is 0. The molecule has 0 aliphatic rings. The lowest BCUT2D eigenvalue weighted by Gasteiger charge is -2.22. The predicted octanol–water partition coefficient (Wildman–Crippen LogP) is 4.74. The standard InChI is InChI=1S/C32H34N4O6/c1-20(2)17-26(36-32(40)41)30(39)34-25(16-15-21-9-4-3-5-10-21)28(37)31-35-27(19-42-31)29(38)33-18-23-13-8-12-22-11-6-7-14-24(22)23/h3-14,19-20,25-26,36H,15-18H2,1-2H3,(H,33,38)(H,34,39)(H,40,41). The number of fused-ring (bicyclic) bond motifs is 1. The van der Waals surface area contributed by atoms with Gasteiger partial charge in [-0.2, -0.15) is 0 Å².